The van der Waals surface area contributed by atoms with Crippen LogP contribution in [0, 0.1) is 0 Å². The lowest BCUT2D eigenvalue weighted by molar-refractivity contribution is -0.130. The average Bonchev–Trinajstić information content (AvgIpc) is 2.16. The van der Waals surface area contributed by atoms with Crippen LogP contribution in [-0.2, 0) is 4.79 Å². The van der Waals surface area contributed by atoms with Crippen molar-refractivity contribution in [1.82, 2.24) is 0 Å². The van der Waals surface area contributed by atoms with Crippen LogP contribution in [0.5, 0.6) is 0 Å². The number of nitrogens with one attached hydrogen (secondary N) is 1. The van der Waals surface area contributed by atoms with Crippen LogP contribution in [0.2, 0.25) is 0 Å². The molecule has 3 heteroatoms. The van der Waals surface area contributed by atoms with E-state index in [4.69, 9.17) is 0 Å². The van der Waals surface area contributed by atoms with Gasteiger partial charge >= 0.3 is 0 Å². The lowest BCUT2D eigenvalue weighted by Gasteiger charge is -2.19. The number of hydrogen-bond acceptors (Lipinski definition) is 2. The van der Waals surface area contributed by atoms with Crippen LogP contribution >= 0.6 is 0 Å². The SMILES string of the molecule is CC(C)c1ccccc1NC(=O)C(C)(C)O. The van der Waals surface area contributed by atoms with E-state index in [0.29, 0.717) is 5.92 Å². The Balaban J connectivity index is 2.94. The van der Waals surface area contributed by atoms with Crippen LogP contribution in [0.15, 0.2) is 24.3 Å². The summed E-state index contributed by atoms with van der Waals surface area (Å²) in [6.07, 6.45) is 0. The van der Waals surface area contributed by atoms with Crippen LogP contribution in [0.25, 0.3) is 0 Å². The number of carbonyl (C=O) groups excluding carboxylic acids is 1. The first-order chi connectivity index (χ1) is 7.32. The van der Waals surface area contributed by atoms with Gasteiger partial charge in [-0.3, -0.25) is 4.79 Å². The first-order valence-corrected chi connectivity index (χ1v) is 5.45. The zero-order valence-electron chi connectivity index (χ0n) is 10.2. The molecule has 1 aromatic rings. The second-order valence-electron chi connectivity index (χ2n) is 4.76. The van der Waals surface area contributed by atoms with Gasteiger partial charge in [-0.1, -0.05) is 32.0 Å². The van der Waals surface area contributed by atoms with Gasteiger partial charge in [0.15, 0.2) is 0 Å². The third-order valence-electron chi connectivity index (χ3n) is 2.39. The summed E-state index contributed by atoms with van der Waals surface area (Å²) in [5, 5.41) is 12.3. The number of benzene rings is 1. The van der Waals surface area contributed by atoms with Gasteiger partial charge in [-0.05, 0) is 31.4 Å². The highest BCUT2D eigenvalue weighted by Gasteiger charge is 2.24. The van der Waals surface area contributed by atoms with Crippen molar-refractivity contribution in [3.05, 3.63) is 29.8 Å². The van der Waals surface area contributed by atoms with E-state index < -0.39 is 5.60 Å². The quantitative estimate of drug-likeness (QED) is 0.824. The van der Waals surface area contributed by atoms with Crippen LogP contribution in [0.3, 0.4) is 0 Å². The number of anilines is 1. The number of amides is 1. The predicted molar refractivity (Wildman–Crippen MR) is 65.5 cm³/mol. The van der Waals surface area contributed by atoms with Gasteiger partial charge in [0, 0.05) is 5.69 Å². The van der Waals surface area contributed by atoms with Crippen molar-refractivity contribution < 1.29 is 9.90 Å². The van der Waals surface area contributed by atoms with E-state index in [1.54, 1.807) is 0 Å². The third-order valence-corrected chi connectivity index (χ3v) is 2.39. The van der Waals surface area contributed by atoms with Crippen LogP contribution < -0.4 is 5.32 Å². The zero-order chi connectivity index (χ0) is 12.3. The highest BCUT2D eigenvalue weighted by molar-refractivity contribution is 5.97. The molecule has 16 heavy (non-hydrogen) atoms. The van der Waals surface area contributed by atoms with Crippen LogP contribution in [0.4, 0.5) is 5.69 Å². The smallest absolute Gasteiger partial charge is 0.255 e. The summed E-state index contributed by atoms with van der Waals surface area (Å²) in [5.74, 6) is -0.0566. The maximum absolute atomic E-state index is 11.6. The van der Waals surface area contributed by atoms with Crippen LogP contribution in [0.1, 0.15) is 39.2 Å². The van der Waals surface area contributed by atoms with Crippen LogP contribution in [-0.4, -0.2) is 16.6 Å². The van der Waals surface area contributed by atoms with Crippen molar-refractivity contribution in [1.29, 1.82) is 0 Å². The Morgan fingerprint density at radius 1 is 1.31 bits per heavy atom. The fourth-order valence-electron chi connectivity index (χ4n) is 1.39. The Bertz CT molecular complexity index is 378. The highest BCUT2D eigenvalue weighted by atomic mass is 16.3. The molecular weight excluding hydrogens is 202 g/mol. The Hall–Kier alpha value is -1.35. The number of carbonyl (C=O) groups is 1. The molecule has 0 aromatic heterocycles. The maximum atomic E-state index is 11.6. The van der Waals surface area contributed by atoms with Gasteiger partial charge in [0.2, 0.25) is 0 Å². The van der Waals surface area contributed by atoms with Gasteiger partial charge in [-0.25, -0.2) is 0 Å². The first-order valence-electron chi connectivity index (χ1n) is 5.45. The van der Waals surface area contributed by atoms with E-state index in [-0.39, 0.29) is 5.91 Å². The molecule has 0 aliphatic heterocycles. The lowest BCUT2D eigenvalue weighted by atomic mass is 10.0. The monoisotopic (exact) mass is 221 g/mol. The maximum Gasteiger partial charge on any atom is 0.255 e. The molecule has 1 rings (SSSR count). The average molecular weight is 221 g/mol. The number of rotatable bonds is 3. The van der Waals surface area contributed by atoms with E-state index >= 15 is 0 Å². The molecule has 0 aliphatic rings. The minimum atomic E-state index is -1.36. The minimum Gasteiger partial charge on any atom is -0.381 e. The number of aliphatic hydroxyl groups is 1. The largest absolute Gasteiger partial charge is 0.381 e. The fraction of sp³-hybridized carbons (Fsp3) is 0.462. The molecule has 0 heterocycles. The second kappa shape index (κ2) is 4.66. The summed E-state index contributed by atoms with van der Waals surface area (Å²) in [6.45, 7) is 7.07. The summed E-state index contributed by atoms with van der Waals surface area (Å²) in [6, 6.07) is 7.63. The minimum absolute atomic E-state index is 0.332. The van der Waals surface area contributed by atoms with Crippen molar-refractivity contribution in [2.45, 2.75) is 39.2 Å². The van der Waals surface area contributed by atoms with Gasteiger partial charge in [0.25, 0.3) is 5.91 Å². The van der Waals surface area contributed by atoms with Gasteiger partial charge < -0.3 is 10.4 Å². The topological polar surface area (TPSA) is 49.3 Å². The standard InChI is InChI=1S/C13H19NO2/c1-9(2)10-7-5-6-8-11(10)14-12(15)13(3,4)16/h5-9,16H,1-4H3,(H,14,15). The molecule has 0 bridgehead atoms. The van der Waals surface area contributed by atoms with Gasteiger partial charge in [0.05, 0.1) is 0 Å². The Labute approximate surface area is 96.5 Å². The summed E-state index contributed by atoms with van der Waals surface area (Å²) < 4.78 is 0. The summed E-state index contributed by atoms with van der Waals surface area (Å²) in [7, 11) is 0. The number of hydrogen-bond donors (Lipinski definition) is 2. The van der Waals surface area contributed by atoms with Crippen molar-refractivity contribution in [3.8, 4) is 0 Å². The molecule has 0 radical (unpaired) electrons. The van der Waals surface area contributed by atoms with Crippen molar-refractivity contribution in [3.63, 3.8) is 0 Å². The van der Waals surface area contributed by atoms with E-state index in [1.807, 2.05) is 24.3 Å². The first kappa shape index (κ1) is 12.7. The molecule has 0 unspecified atom stereocenters. The zero-order valence-corrected chi connectivity index (χ0v) is 10.2. The summed E-state index contributed by atoms with van der Waals surface area (Å²) in [4.78, 5) is 11.6. The Kier molecular flexibility index (Phi) is 3.70. The van der Waals surface area contributed by atoms with Crippen molar-refractivity contribution >= 4 is 11.6 Å². The van der Waals surface area contributed by atoms with Crippen molar-refractivity contribution in [2.24, 2.45) is 0 Å². The molecule has 88 valence electrons. The van der Waals surface area contributed by atoms with E-state index in [1.165, 1.54) is 13.8 Å². The number of para-hydroxylation sites is 1. The molecule has 0 atom stereocenters. The fourth-order valence-corrected chi connectivity index (χ4v) is 1.39. The lowest BCUT2D eigenvalue weighted by Crippen LogP contribution is -2.36. The van der Waals surface area contributed by atoms with E-state index in [2.05, 4.69) is 19.2 Å². The highest BCUT2D eigenvalue weighted by Crippen LogP contribution is 2.24. The third kappa shape index (κ3) is 3.07. The molecule has 2 N–H and O–H groups in total. The summed E-state index contributed by atoms with van der Waals surface area (Å²) >= 11 is 0. The molecule has 0 fully saturated rings. The molecule has 3 nitrogen and oxygen atoms in total. The molecule has 1 aromatic carbocycles. The summed E-state index contributed by atoms with van der Waals surface area (Å²) in [5.41, 5.74) is 0.481. The normalized spacial score (nSPS) is 11.6. The van der Waals surface area contributed by atoms with Crippen molar-refractivity contribution in [2.75, 3.05) is 5.32 Å². The van der Waals surface area contributed by atoms with Gasteiger partial charge in [-0.2, -0.15) is 0 Å². The molecular formula is C13H19NO2. The predicted octanol–water partition coefficient (Wildman–Crippen LogP) is 2.52. The second-order valence-corrected chi connectivity index (χ2v) is 4.76. The molecule has 0 spiro atoms. The van der Waals surface area contributed by atoms with E-state index in [9.17, 15) is 9.90 Å². The molecule has 1 amide bonds. The van der Waals surface area contributed by atoms with E-state index in [0.717, 1.165) is 11.3 Å². The van der Waals surface area contributed by atoms with Gasteiger partial charge in [0.1, 0.15) is 5.60 Å². The Morgan fingerprint density at radius 2 is 1.88 bits per heavy atom. The van der Waals surface area contributed by atoms with Gasteiger partial charge in [-0.15, -0.1) is 0 Å². The molecule has 0 saturated carbocycles. The molecule has 0 saturated heterocycles. The Morgan fingerprint density at radius 3 is 2.38 bits per heavy atom. The molecule has 0 aliphatic carbocycles.